The normalized spacial score (nSPS) is 13.2. The van der Waals surface area contributed by atoms with Crippen molar-refractivity contribution in [1.82, 2.24) is 20.0 Å². The fraction of sp³-hybridized carbons (Fsp3) is 0.787. The first-order valence-corrected chi connectivity index (χ1v) is 42.3. The summed E-state index contributed by atoms with van der Waals surface area (Å²) in [5.41, 5.74) is 5.07. The predicted molar refractivity (Wildman–Crippen MR) is 380 cm³/mol. The highest BCUT2D eigenvalue weighted by Gasteiger charge is 2.36. The van der Waals surface area contributed by atoms with Crippen molar-refractivity contribution in [2.45, 2.75) is 264 Å². The van der Waals surface area contributed by atoms with Gasteiger partial charge in [-0.15, -0.1) is 0 Å². The molecule has 1 aromatic carbocycles. The average molecular weight is 1460 g/mol. The Hall–Kier alpha value is -3.29. The van der Waals surface area contributed by atoms with E-state index < -0.39 is 113 Å². The quantitative estimate of drug-likeness (QED) is 0.180. The van der Waals surface area contributed by atoms with Gasteiger partial charge >= 0.3 is 0 Å². The van der Waals surface area contributed by atoms with Crippen LogP contribution in [0.25, 0.3) is 0 Å². The Balaban J connectivity index is -0.000000178. The number of nitrogens with two attached hydrogens (primary N) is 1. The van der Waals surface area contributed by atoms with Gasteiger partial charge in [-0.25, -0.2) is 67.3 Å². The van der Waals surface area contributed by atoms with Crippen molar-refractivity contribution in [2.24, 2.45) is 22.0 Å². The molecule has 0 saturated carbocycles. The van der Waals surface area contributed by atoms with Crippen LogP contribution in [0.3, 0.4) is 0 Å². The van der Waals surface area contributed by atoms with Crippen LogP contribution < -0.4 is 5.73 Å². The molecule has 3 rings (SSSR count). The molecule has 3 aromatic rings. The fourth-order valence-electron chi connectivity index (χ4n) is 5.90. The zero-order chi connectivity index (χ0) is 73.1. The van der Waals surface area contributed by atoms with Crippen molar-refractivity contribution in [3.8, 4) is 0 Å². The minimum absolute atomic E-state index is 0. The molecule has 0 spiro atoms. The predicted octanol–water partition coefficient (Wildman–Crippen LogP) is 11.3. The van der Waals surface area contributed by atoms with Crippen LogP contribution in [-0.4, -0.2) is 164 Å². The largest absolute Gasteiger partial charge is 0.368 e. The van der Waals surface area contributed by atoms with E-state index in [4.69, 9.17) is 5.73 Å². The van der Waals surface area contributed by atoms with Gasteiger partial charge in [-0.1, -0.05) is 102 Å². The van der Waals surface area contributed by atoms with Crippen molar-refractivity contribution in [1.29, 1.82) is 0 Å². The van der Waals surface area contributed by atoms with E-state index in [1.54, 1.807) is 149 Å². The number of hydrogen-bond acceptors (Lipinski definition) is 19. The summed E-state index contributed by atoms with van der Waals surface area (Å²) in [6.45, 7) is 48.2. The summed E-state index contributed by atoms with van der Waals surface area (Å²) in [6, 6.07) is 8.53. The number of nitrogens with one attached hydrogen (secondary N) is 1. The van der Waals surface area contributed by atoms with E-state index in [1.165, 1.54) is 54.5 Å². The minimum atomic E-state index is -3.43. The molecule has 0 bridgehead atoms. The maximum atomic E-state index is 12.0. The smallest absolute Gasteiger partial charge is 0.239 e. The topological polar surface area (TPSA) is 363 Å². The van der Waals surface area contributed by atoms with E-state index in [2.05, 4.69) is 36.1 Å². The molecule has 2 aromatic heterocycles. The summed E-state index contributed by atoms with van der Waals surface area (Å²) in [5, 5.41) is 9.85. The first kappa shape index (κ1) is 101. The number of benzene rings is 1. The molecule has 0 aliphatic carbocycles. The number of carbonyl (C=O) groups is 1. The van der Waals surface area contributed by atoms with Crippen LogP contribution in [0.1, 0.15) is 215 Å². The number of H-pyrrole nitrogens is 1. The molecule has 0 saturated heterocycles. The fourth-order valence-corrected chi connectivity index (χ4v) is 13.5. The van der Waals surface area contributed by atoms with E-state index >= 15 is 0 Å². The van der Waals surface area contributed by atoms with Gasteiger partial charge in [0, 0.05) is 43.2 Å². The molecule has 0 unspecified atom stereocenters. The number of amides is 1. The molecule has 91 heavy (non-hydrogen) atoms. The number of nitrogens with zero attached hydrogens (tertiary/aromatic N) is 3. The molecule has 22 nitrogen and oxygen atoms in total. The van der Waals surface area contributed by atoms with E-state index in [1.807, 2.05) is 47.6 Å². The van der Waals surface area contributed by atoms with E-state index in [0.717, 1.165) is 6.42 Å². The molecule has 0 atom stereocenters. The van der Waals surface area contributed by atoms with E-state index in [0.29, 0.717) is 17.1 Å². The molecular formula is C61H125N5O17S8. The van der Waals surface area contributed by atoms with Gasteiger partial charge in [0.05, 0.1) is 57.3 Å². The Morgan fingerprint density at radius 3 is 1.03 bits per heavy atom. The maximum Gasteiger partial charge on any atom is 0.239 e. The van der Waals surface area contributed by atoms with Gasteiger partial charge < -0.3 is 5.73 Å². The van der Waals surface area contributed by atoms with Crippen LogP contribution >= 0.6 is 0 Å². The van der Waals surface area contributed by atoms with Gasteiger partial charge in [0.2, 0.25) is 5.91 Å². The third kappa shape index (κ3) is 44.2. The number of hydrogen-bond donors (Lipinski definition) is 2. The van der Waals surface area contributed by atoms with Crippen LogP contribution in [0.4, 0.5) is 0 Å². The summed E-state index contributed by atoms with van der Waals surface area (Å²) >= 11 is 0. The standard InChI is InChI=1S/C10H14O2S.C9H15N3O3S.C9H20O2S.C7H12N2O2S.C7H16O2S.2C6H14O2S.C5H12O2S.2CH4/c1-10(2,3)13(11,12)9-7-5-4-6-8-9;1-9(2,3)16(14,15)7-4-11-12(5-7)6-8(10)13;1-8(2,3)7-9(4,5)12(6,10)11;1-7(2,3)12(10,11)6-4-8-9-5-6;1-7(2,3)5-6-10(4,8)9;1-6(2,3)5-9(4,7)8;1-5-9(7,8)6(2,3)4;1-5(2,3)8(4,6)7;;/h4-8H,1-3H3;4-5H,6H2,1-3H3,(H2,10,13);7H2,1-6H3;4-5H,1-3H3,(H,8,9);5-6H2,1-4H3;2*5H2,1-4H3;1-4H3;2*1H4. The van der Waals surface area contributed by atoms with Crippen molar-refractivity contribution in [3.63, 3.8) is 0 Å². The van der Waals surface area contributed by atoms with Crippen molar-refractivity contribution in [3.05, 3.63) is 55.1 Å². The lowest BCUT2D eigenvalue weighted by molar-refractivity contribution is -0.118. The molecule has 0 fully saturated rings. The highest BCUT2D eigenvalue weighted by molar-refractivity contribution is 7.94. The summed E-state index contributed by atoms with van der Waals surface area (Å²) < 4.78 is 177. The number of carbonyl (C=O) groups excluding carboxylic acids is 1. The van der Waals surface area contributed by atoms with Gasteiger partial charge in [0.1, 0.15) is 36.0 Å². The van der Waals surface area contributed by atoms with Gasteiger partial charge in [-0.2, -0.15) is 10.2 Å². The van der Waals surface area contributed by atoms with Crippen molar-refractivity contribution in [2.75, 3.05) is 42.3 Å². The second-order valence-corrected chi connectivity index (χ2v) is 51.6. The van der Waals surface area contributed by atoms with E-state index in [-0.39, 0.29) is 58.9 Å². The SMILES string of the molecule is C.C.CC(C)(C)CC(C)(C)S(C)(=O)=O.CC(C)(C)CCS(C)(=O)=O.CC(C)(C)CS(C)(=O)=O.CC(C)(C)S(=O)(=O)c1ccccc1.CC(C)(C)S(=O)(=O)c1cn[nH]c1.CC(C)(C)S(=O)(=O)c1cnn(CC(N)=O)c1.CC(C)(C)S(C)(=O)=O.CCS(=O)(=O)C(C)(C)C. The second-order valence-electron chi connectivity index (χ2n) is 30.7. The zero-order valence-electron chi connectivity index (χ0n) is 59.6. The Labute approximate surface area is 556 Å². The number of sulfone groups is 8. The molecule has 0 aliphatic rings. The van der Waals surface area contributed by atoms with Gasteiger partial charge in [-0.05, 0) is 159 Å². The molecule has 1 amide bonds. The minimum Gasteiger partial charge on any atom is -0.368 e. The zero-order valence-corrected chi connectivity index (χ0v) is 66.1. The van der Waals surface area contributed by atoms with Crippen LogP contribution in [-0.2, 0) is 90.0 Å². The Kier molecular flexibility index (Phi) is 40.8. The summed E-state index contributed by atoms with van der Waals surface area (Å²) in [6.07, 6.45) is 11.8. The third-order valence-electron chi connectivity index (χ3n) is 11.8. The highest BCUT2D eigenvalue weighted by atomic mass is 32.2. The first-order valence-electron chi connectivity index (χ1n) is 28.3. The molecule has 0 radical (unpaired) electrons. The second kappa shape index (κ2) is 36.7. The van der Waals surface area contributed by atoms with Crippen molar-refractivity contribution < 1.29 is 72.1 Å². The molecule has 0 aliphatic heterocycles. The molecule has 3 N–H and O–H groups in total. The Morgan fingerprint density at radius 1 is 0.473 bits per heavy atom. The molecular weight excluding hydrogens is 1330 g/mol. The van der Waals surface area contributed by atoms with E-state index in [9.17, 15) is 72.1 Å². The maximum absolute atomic E-state index is 12.0. The monoisotopic (exact) mass is 1460 g/mol. The van der Waals surface area contributed by atoms with Gasteiger partial charge in [-0.3, -0.25) is 14.6 Å². The number of rotatable bonds is 11. The molecule has 2 heterocycles. The lowest BCUT2D eigenvalue weighted by atomic mass is 9.86. The highest BCUT2D eigenvalue weighted by Crippen LogP contribution is 2.32. The van der Waals surface area contributed by atoms with Crippen LogP contribution in [0.15, 0.2) is 69.8 Å². The average Bonchev–Trinajstić information content (AvgIpc) is 1.89. The summed E-state index contributed by atoms with van der Waals surface area (Å²) in [7, 11) is -24.0. The summed E-state index contributed by atoms with van der Waals surface area (Å²) in [4.78, 5) is 11.4. The molecule has 544 valence electrons. The Morgan fingerprint density at radius 2 is 0.835 bits per heavy atom. The van der Waals surface area contributed by atoms with Crippen LogP contribution in [0.2, 0.25) is 0 Å². The lowest BCUT2D eigenvalue weighted by Gasteiger charge is -2.30. The third-order valence-corrected chi connectivity index (χ3v) is 28.5. The van der Waals surface area contributed by atoms with Gasteiger partial charge in [0.15, 0.2) is 59.0 Å². The Bertz CT molecular complexity index is 3560. The number of aromatic amines is 1. The lowest BCUT2D eigenvalue weighted by Crippen LogP contribution is -2.35. The number of aromatic nitrogens is 4. The number of primary amides is 1. The summed E-state index contributed by atoms with van der Waals surface area (Å²) in [5.74, 6) is 0.232. The van der Waals surface area contributed by atoms with Crippen LogP contribution in [0.5, 0.6) is 0 Å². The first-order chi connectivity index (χ1) is 38.3. The van der Waals surface area contributed by atoms with Crippen LogP contribution in [0, 0.1) is 16.2 Å². The van der Waals surface area contributed by atoms with Gasteiger partial charge in [0.25, 0.3) is 0 Å². The van der Waals surface area contributed by atoms with Crippen molar-refractivity contribution >= 4 is 84.6 Å². The molecule has 30 heteroatoms.